The Morgan fingerprint density at radius 1 is 1.08 bits per heavy atom. The van der Waals surface area contributed by atoms with Gasteiger partial charge in [0.1, 0.15) is 9.88 Å². The van der Waals surface area contributed by atoms with E-state index in [1.807, 2.05) is 49.4 Å². The van der Waals surface area contributed by atoms with Gasteiger partial charge in [-0.1, -0.05) is 42.5 Å². The number of aromatic nitrogens is 1. The van der Waals surface area contributed by atoms with Gasteiger partial charge in [-0.3, -0.25) is 4.79 Å². The summed E-state index contributed by atoms with van der Waals surface area (Å²) in [7, 11) is 0. The Labute approximate surface area is 155 Å². The third kappa shape index (κ3) is 4.25. The molecule has 0 spiro atoms. The molecule has 0 aliphatic rings. The highest BCUT2D eigenvalue weighted by Gasteiger charge is 2.15. The number of benzene rings is 2. The lowest BCUT2D eigenvalue weighted by atomic mass is 10.2. The summed E-state index contributed by atoms with van der Waals surface area (Å²) in [5, 5.41) is 6.22. The monoisotopic (exact) mass is 366 g/mol. The summed E-state index contributed by atoms with van der Waals surface area (Å²) < 4.78 is 0. The van der Waals surface area contributed by atoms with Crippen LogP contribution in [0.1, 0.15) is 20.9 Å². The summed E-state index contributed by atoms with van der Waals surface area (Å²) in [6.07, 6.45) is 0. The Hall–Kier alpha value is -3.19. The van der Waals surface area contributed by atoms with Crippen LogP contribution in [0.4, 0.5) is 10.5 Å². The number of thiazole rings is 1. The Kier molecular flexibility index (Phi) is 5.28. The van der Waals surface area contributed by atoms with Crippen LogP contribution in [0.25, 0.3) is 10.6 Å². The molecule has 3 amide bonds. The van der Waals surface area contributed by atoms with Gasteiger partial charge in [0.2, 0.25) is 0 Å². The summed E-state index contributed by atoms with van der Waals surface area (Å²) in [5.41, 5.74) is 8.31. The second kappa shape index (κ2) is 7.79. The minimum absolute atomic E-state index is 0.151. The van der Waals surface area contributed by atoms with E-state index in [4.69, 9.17) is 5.73 Å². The molecule has 0 atom stereocenters. The number of hydrogen-bond donors (Lipinski definition) is 3. The van der Waals surface area contributed by atoms with Crippen LogP contribution >= 0.6 is 11.3 Å². The van der Waals surface area contributed by atoms with E-state index in [9.17, 15) is 9.59 Å². The minimum Gasteiger partial charge on any atom is -0.351 e. The molecule has 0 unspecified atom stereocenters. The fourth-order valence-corrected chi connectivity index (χ4v) is 3.41. The van der Waals surface area contributed by atoms with E-state index in [-0.39, 0.29) is 5.91 Å². The van der Waals surface area contributed by atoms with Gasteiger partial charge < -0.3 is 16.4 Å². The number of urea groups is 1. The summed E-state index contributed by atoms with van der Waals surface area (Å²) >= 11 is 1.38. The van der Waals surface area contributed by atoms with Gasteiger partial charge in [0.25, 0.3) is 5.91 Å². The number of nitrogens with two attached hydrogens (primary N) is 1. The van der Waals surface area contributed by atoms with Crippen LogP contribution in [-0.2, 0) is 6.54 Å². The third-order valence-corrected chi connectivity index (χ3v) is 4.90. The van der Waals surface area contributed by atoms with E-state index in [0.29, 0.717) is 22.8 Å². The van der Waals surface area contributed by atoms with E-state index in [1.54, 1.807) is 12.1 Å². The number of primary amides is 1. The van der Waals surface area contributed by atoms with Crippen LogP contribution in [0, 0.1) is 6.92 Å². The molecule has 4 N–H and O–H groups in total. The molecule has 0 aliphatic heterocycles. The number of aryl methyl sites for hydroxylation is 1. The molecule has 6 nitrogen and oxygen atoms in total. The largest absolute Gasteiger partial charge is 0.351 e. The second-order valence-electron chi connectivity index (χ2n) is 5.67. The van der Waals surface area contributed by atoms with Crippen LogP contribution in [0.2, 0.25) is 0 Å². The lowest BCUT2D eigenvalue weighted by Crippen LogP contribution is -2.22. The maximum atomic E-state index is 12.5. The molecule has 0 saturated heterocycles. The Morgan fingerprint density at radius 3 is 2.42 bits per heavy atom. The van der Waals surface area contributed by atoms with Crippen molar-refractivity contribution in [3.05, 3.63) is 70.7 Å². The molecule has 7 heteroatoms. The standard InChI is InChI=1S/C19H18N4O2S/c1-12-16(26-18(22-12)14-5-3-2-4-6-14)17(24)21-11-13-7-9-15(10-8-13)23-19(20)25/h2-10H,11H2,1H3,(H,21,24)(H3,20,23,25). The molecule has 0 bridgehead atoms. The van der Waals surface area contributed by atoms with Crippen LogP contribution < -0.4 is 16.4 Å². The highest BCUT2D eigenvalue weighted by Crippen LogP contribution is 2.27. The van der Waals surface area contributed by atoms with Gasteiger partial charge in [-0.05, 0) is 24.6 Å². The van der Waals surface area contributed by atoms with E-state index in [0.717, 1.165) is 16.1 Å². The summed E-state index contributed by atoms with van der Waals surface area (Å²) in [5.74, 6) is -0.151. The summed E-state index contributed by atoms with van der Waals surface area (Å²) in [6.45, 7) is 2.22. The predicted molar refractivity (Wildman–Crippen MR) is 103 cm³/mol. The number of nitrogens with zero attached hydrogens (tertiary/aromatic N) is 1. The van der Waals surface area contributed by atoms with Gasteiger partial charge in [0.05, 0.1) is 5.69 Å². The van der Waals surface area contributed by atoms with Crippen molar-refractivity contribution in [2.45, 2.75) is 13.5 Å². The zero-order valence-corrected chi connectivity index (χ0v) is 15.0. The number of anilines is 1. The van der Waals surface area contributed by atoms with Gasteiger partial charge >= 0.3 is 6.03 Å². The number of carbonyl (C=O) groups is 2. The van der Waals surface area contributed by atoms with Gasteiger partial charge in [0, 0.05) is 17.8 Å². The van der Waals surface area contributed by atoms with Crippen molar-refractivity contribution in [2.75, 3.05) is 5.32 Å². The maximum absolute atomic E-state index is 12.5. The number of rotatable bonds is 5. The highest BCUT2D eigenvalue weighted by atomic mass is 32.1. The van der Waals surface area contributed by atoms with Crippen molar-refractivity contribution in [3.63, 3.8) is 0 Å². The molecule has 3 aromatic rings. The van der Waals surface area contributed by atoms with Crippen LogP contribution in [0.15, 0.2) is 54.6 Å². The van der Waals surface area contributed by atoms with Gasteiger partial charge in [0.15, 0.2) is 0 Å². The van der Waals surface area contributed by atoms with Gasteiger partial charge in [-0.25, -0.2) is 9.78 Å². The average molecular weight is 366 g/mol. The number of nitrogens with one attached hydrogen (secondary N) is 2. The quantitative estimate of drug-likeness (QED) is 0.644. The lowest BCUT2D eigenvalue weighted by molar-refractivity contribution is 0.0954. The molecule has 0 radical (unpaired) electrons. The van der Waals surface area contributed by atoms with Crippen molar-refractivity contribution >= 4 is 29.0 Å². The molecule has 132 valence electrons. The lowest BCUT2D eigenvalue weighted by Gasteiger charge is -2.06. The fraction of sp³-hybridized carbons (Fsp3) is 0.105. The van der Waals surface area contributed by atoms with Gasteiger partial charge in [-0.2, -0.15) is 0 Å². The molecule has 0 fully saturated rings. The van der Waals surface area contributed by atoms with Crippen molar-refractivity contribution in [2.24, 2.45) is 5.73 Å². The Balaban J connectivity index is 1.65. The smallest absolute Gasteiger partial charge is 0.316 e. The molecule has 0 saturated carbocycles. The van der Waals surface area contributed by atoms with Crippen molar-refractivity contribution in [1.82, 2.24) is 10.3 Å². The maximum Gasteiger partial charge on any atom is 0.316 e. The normalized spacial score (nSPS) is 10.3. The van der Waals surface area contributed by atoms with E-state index < -0.39 is 6.03 Å². The SMILES string of the molecule is Cc1nc(-c2ccccc2)sc1C(=O)NCc1ccc(NC(N)=O)cc1. The first-order chi connectivity index (χ1) is 12.5. The zero-order valence-electron chi connectivity index (χ0n) is 14.2. The zero-order chi connectivity index (χ0) is 18.5. The first-order valence-corrected chi connectivity index (χ1v) is 8.81. The molecule has 0 aliphatic carbocycles. The number of carbonyl (C=O) groups excluding carboxylic acids is 2. The first-order valence-electron chi connectivity index (χ1n) is 7.99. The third-order valence-electron chi connectivity index (χ3n) is 3.70. The summed E-state index contributed by atoms with van der Waals surface area (Å²) in [6, 6.07) is 16.3. The topological polar surface area (TPSA) is 97.1 Å². The van der Waals surface area contributed by atoms with E-state index in [2.05, 4.69) is 15.6 Å². The molecular formula is C19H18N4O2S. The second-order valence-corrected chi connectivity index (χ2v) is 6.67. The highest BCUT2D eigenvalue weighted by molar-refractivity contribution is 7.17. The average Bonchev–Trinajstić information content (AvgIpc) is 3.03. The Morgan fingerprint density at radius 2 is 1.77 bits per heavy atom. The minimum atomic E-state index is -0.610. The predicted octanol–water partition coefficient (Wildman–Crippen LogP) is 3.54. The molecule has 26 heavy (non-hydrogen) atoms. The van der Waals surface area contributed by atoms with E-state index >= 15 is 0 Å². The summed E-state index contributed by atoms with van der Waals surface area (Å²) in [4.78, 5) is 28.4. The van der Waals surface area contributed by atoms with E-state index in [1.165, 1.54) is 11.3 Å². The van der Waals surface area contributed by atoms with Crippen LogP contribution in [-0.4, -0.2) is 16.9 Å². The molecule has 1 heterocycles. The Bertz CT molecular complexity index is 920. The number of amides is 3. The molecule has 1 aromatic heterocycles. The van der Waals surface area contributed by atoms with Crippen LogP contribution in [0.5, 0.6) is 0 Å². The van der Waals surface area contributed by atoms with Crippen LogP contribution in [0.3, 0.4) is 0 Å². The molecule has 3 rings (SSSR count). The van der Waals surface area contributed by atoms with Crippen molar-refractivity contribution in [1.29, 1.82) is 0 Å². The molecule has 2 aromatic carbocycles. The van der Waals surface area contributed by atoms with Crippen molar-refractivity contribution in [3.8, 4) is 10.6 Å². The first kappa shape index (κ1) is 17.6. The number of hydrogen-bond acceptors (Lipinski definition) is 4. The fourth-order valence-electron chi connectivity index (χ4n) is 2.42. The molecular weight excluding hydrogens is 348 g/mol. The van der Waals surface area contributed by atoms with Crippen molar-refractivity contribution < 1.29 is 9.59 Å². The van der Waals surface area contributed by atoms with Gasteiger partial charge in [-0.15, -0.1) is 11.3 Å².